The lowest BCUT2D eigenvalue weighted by Crippen LogP contribution is -2.44. The van der Waals surface area contributed by atoms with Gasteiger partial charge in [0.15, 0.2) is 0 Å². The molecular weight excluding hydrogens is 212 g/mol. The van der Waals surface area contributed by atoms with Gasteiger partial charge in [0, 0.05) is 25.7 Å². The first-order chi connectivity index (χ1) is 8.15. The predicted molar refractivity (Wildman–Crippen MR) is 73.2 cm³/mol. The monoisotopic (exact) mass is 242 g/mol. The van der Waals surface area contributed by atoms with Crippen molar-refractivity contribution in [1.82, 2.24) is 10.2 Å². The van der Waals surface area contributed by atoms with Gasteiger partial charge >= 0.3 is 0 Å². The van der Waals surface area contributed by atoms with E-state index in [1.54, 1.807) is 0 Å². The van der Waals surface area contributed by atoms with Crippen LogP contribution in [0.15, 0.2) is 0 Å². The SMILES string of the molecule is CCCC(C)(CNCC)CN(CCO)C1CC1. The smallest absolute Gasteiger partial charge is 0.0558 e. The van der Waals surface area contributed by atoms with Crippen molar-refractivity contribution >= 4 is 0 Å². The van der Waals surface area contributed by atoms with E-state index in [0.29, 0.717) is 12.0 Å². The fourth-order valence-electron chi connectivity index (χ4n) is 2.70. The van der Waals surface area contributed by atoms with Crippen LogP contribution in [0.2, 0.25) is 0 Å². The molecule has 102 valence electrons. The Morgan fingerprint density at radius 2 is 2.06 bits per heavy atom. The summed E-state index contributed by atoms with van der Waals surface area (Å²) >= 11 is 0. The van der Waals surface area contributed by atoms with Crippen LogP contribution in [0.5, 0.6) is 0 Å². The maximum absolute atomic E-state index is 9.16. The summed E-state index contributed by atoms with van der Waals surface area (Å²) in [6.07, 6.45) is 5.14. The van der Waals surface area contributed by atoms with Gasteiger partial charge in [0.1, 0.15) is 0 Å². The molecule has 1 atom stereocenters. The first-order valence-electron chi connectivity index (χ1n) is 7.21. The summed E-state index contributed by atoms with van der Waals surface area (Å²) in [5, 5.41) is 12.7. The van der Waals surface area contributed by atoms with Gasteiger partial charge in [-0.25, -0.2) is 0 Å². The molecule has 1 unspecified atom stereocenters. The average Bonchev–Trinajstić information content (AvgIpc) is 3.10. The molecule has 3 heteroatoms. The lowest BCUT2D eigenvalue weighted by Gasteiger charge is -2.36. The van der Waals surface area contributed by atoms with Gasteiger partial charge in [0.05, 0.1) is 6.61 Å². The lowest BCUT2D eigenvalue weighted by atomic mass is 9.84. The second kappa shape index (κ2) is 7.34. The highest BCUT2D eigenvalue weighted by molar-refractivity contribution is 4.89. The van der Waals surface area contributed by atoms with E-state index in [-0.39, 0.29) is 0 Å². The van der Waals surface area contributed by atoms with E-state index in [1.807, 2.05) is 0 Å². The maximum Gasteiger partial charge on any atom is 0.0558 e. The van der Waals surface area contributed by atoms with E-state index >= 15 is 0 Å². The molecule has 0 aromatic carbocycles. The van der Waals surface area contributed by atoms with Crippen molar-refractivity contribution < 1.29 is 5.11 Å². The summed E-state index contributed by atoms with van der Waals surface area (Å²) in [5.74, 6) is 0. The molecule has 1 aliphatic rings. The molecular formula is C14H30N2O. The van der Waals surface area contributed by atoms with Crippen molar-refractivity contribution in [2.75, 3.05) is 32.8 Å². The second-order valence-electron chi connectivity index (χ2n) is 5.77. The fraction of sp³-hybridized carbons (Fsp3) is 1.00. The van der Waals surface area contributed by atoms with Crippen LogP contribution in [0.1, 0.15) is 46.5 Å². The molecule has 0 aliphatic heterocycles. The normalized spacial score (nSPS) is 19.6. The van der Waals surface area contributed by atoms with Crippen LogP contribution in [-0.2, 0) is 0 Å². The quantitative estimate of drug-likeness (QED) is 0.614. The van der Waals surface area contributed by atoms with Crippen LogP contribution < -0.4 is 5.32 Å². The van der Waals surface area contributed by atoms with Crippen LogP contribution in [0.4, 0.5) is 0 Å². The number of aliphatic hydroxyl groups excluding tert-OH is 1. The Morgan fingerprint density at radius 1 is 1.35 bits per heavy atom. The molecule has 2 N–H and O–H groups in total. The number of nitrogens with one attached hydrogen (secondary N) is 1. The molecule has 3 nitrogen and oxygen atoms in total. The molecule has 0 saturated heterocycles. The van der Waals surface area contributed by atoms with Gasteiger partial charge in [-0.3, -0.25) is 4.90 Å². The fourth-order valence-corrected chi connectivity index (χ4v) is 2.70. The highest BCUT2D eigenvalue weighted by Crippen LogP contribution is 2.31. The molecule has 0 radical (unpaired) electrons. The Labute approximate surface area is 107 Å². The van der Waals surface area contributed by atoms with E-state index in [1.165, 1.54) is 25.7 Å². The standard InChI is InChI=1S/C14H30N2O/c1-4-8-14(3,11-15-5-2)12-16(9-10-17)13-6-7-13/h13,15,17H,4-12H2,1-3H3. The third kappa shape index (κ3) is 5.36. The number of nitrogens with zero attached hydrogens (tertiary/aromatic N) is 1. The molecule has 1 saturated carbocycles. The van der Waals surface area contributed by atoms with Crippen molar-refractivity contribution in [3.05, 3.63) is 0 Å². The van der Waals surface area contributed by atoms with Crippen LogP contribution in [0.3, 0.4) is 0 Å². The minimum atomic E-state index is 0.292. The molecule has 17 heavy (non-hydrogen) atoms. The summed E-state index contributed by atoms with van der Waals surface area (Å²) in [7, 11) is 0. The van der Waals surface area contributed by atoms with Gasteiger partial charge in [-0.15, -0.1) is 0 Å². The summed E-state index contributed by atoms with van der Waals surface area (Å²) in [5.41, 5.74) is 0.350. The van der Waals surface area contributed by atoms with Crippen molar-refractivity contribution in [3.63, 3.8) is 0 Å². The summed E-state index contributed by atoms with van der Waals surface area (Å²) in [4.78, 5) is 2.49. The molecule has 0 bridgehead atoms. The summed E-state index contributed by atoms with van der Waals surface area (Å²) in [6.45, 7) is 11.2. The van der Waals surface area contributed by atoms with E-state index in [4.69, 9.17) is 5.11 Å². The number of hydrogen-bond acceptors (Lipinski definition) is 3. The van der Waals surface area contributed by atoms with Crippen molar-refractivity contribution in [2.45, 2.75) is 52.5 Å². The zero-order valence-electron chi connectivity index (χ0n) is 11.8. The maximum atomic E-state index is 9.16. The largest absolute Gasteiger partial charge is 0.395 e. The molecule has 0 heterocycles. The van der Waals surface area contributed by atoms with Gasteiger partial charge in [-0.1, -0.05) is 27.2 Å². The summed E-state index contributed by atoms with van der Waals surface area (Å²) in [6, 6.07) is 0.750. The highest BCUT2D eigenvalue weighted by Gasteiger charge is 2.34. The van der Waals surface area contributed by atoms with E-state index in [2.05, 4.69) is 31.0 Å². The minimum absolute atomic E-state index is 0.292. The molecule has 0 amide bonds. The Balaban J connectivity index is 2.49. The third-order valence-corrected chi connectivity index (χ3v) is 3.69. The zero-order valence-corrected chi connectivity index (χ0v) is 11.8. The van der Waals surface area contributed by atoms with Crippen LogP contribution in [0.25, 0.3) is 0 Å². The number of rotatable bonds is 10. The van der Waals surface area contributed by atoms with Gasteiger partial charge in [0.2, 0.25) is 0 Å². The van der Waals surface area contributed by atoms with E-state index in [9.17, 15) is 0 Å². The molecule has 0 aromatic heterocycles. The number of aliphatic hydroxyl groups is 1. The Hall–Kier alpha value is -0.120. The number of hydrogen-bond donors (Lipinski definition) is 2. The Morgan fingerprint density at radius 3 is 2.53 bits per heavy atom. The molecule has 1 fully saturated rings. The van der Waals surface area contributed by atoms with E-state index in [0.717, 1.165) is 32.2 Å². The predicted octanol–water partition coefficient (Wildman–Crippen LogP) is 1.86. The second-order valence-corrected chi connectivity index (χ2v) is 5.77. The third-order valence-electron chi connectivity index (χ3n) is 3.69. The van der Waals surface area contributed by atoms with Crippen LogP contribution in [0, 0.1) is 5.41 Å². The van der Waals surface area contributed by atoms with Gasteiger partial charge in [-0.2, -0.15) is 0 Å². The summed E-state index contributed by atoms with van der Waals surface area (Å²) < 4.78 is 0. The van der Waals surface area contributed by atoms with Gasteiger partial charge in [-0.05, 0) is 31.2 Å². The minimum Gasteiger partial charge on any atom is -0.395 e. The average molecular weight is 242 g/mol. The molecule has 0 aromatic rings. The van der Waals surface area contributed by atoms with Gasteiger partial charge < -0.3 is 10.4 Å². The van der Waals surface area contributed by atoms with Gasteiger partial charge in [0.25, 0.3) is 0 Å². The first kappa shape index (κ1) is 14.9. The molecule has 1 aliphatic carbocycles. The first-order valence-corrected chi connectivity index (χ1v) is 7.21. The molecule has 1 rings (SSSR count). The highest BCUT2D eigenvalue weighted by atomic mass is 16.3. The molecule has 0 spiro atoms. The Kier molecular flexibility index (Phi) is 6.45. The van der Waals surface area contributed by atoms with Crippen molar-refractivity contribution in [1.29, 1.82) is 0 Å². The van der Waals surface area contributed by atoms with Crippen LogP contribution in [-0.4, -0.2) is 48.8 Å². The topological polar surface area (TPSA) is 35.5 Å². The lowest BCUT2D eigenvalue weighted by molar-refractivity contribution is 0.119. The van der Waals surface area contributed by atoms with Crippen molar-refractivity contribution in [2.24, 2.45) is 5.41 Å². The van der Waals surface area contributed by atoms with E-state index < -0.39 is 0 Å². The zero-order chi connectivity index (χ0) is 12.7. The van der Waals surface area contributed by atoms with Crippen LogP contribution >= 0.6 is 0 Å². The Bertz CT molecular complexity index is 206. The van der Waals surface area contributed by atoms with Crippen molar-refractivity contribution in [3.8, 4) is 0 Å².